The van der Waals surface area contributed by atoms with Crippen LogP contribution >= 0.6 is 0 Å². The van der Waals surface area contributed by atoms with Crippen LogP contribution in [0.1, 0.15) is 33.1 Å². The summed E-state index contributed by atoms with van der Waals surface area (Å²) in [5, 5.41) is 6.53. The van der Waals surface area contributed by atoms with Crippen molar-refractivity contribution in [1.29, 1.82) is 0 Å². The molecule has 0 saturated heterocycles. The Kier molecular flexibility index (Phi) is 3.59. The smallest absolute Gasteiger partial charge is 0.224 e. The molecule has 0 bridgehead atoms. The van der Waals surface area contributed by atoms with E-state index in [1.54, 1.807) is 6.20 Å². The molecule has 1 aromatic heterocycles. The number of aromatic nitrogens is 2. The maximum atomic E-state index is 4.40. The zero-order valence-electron chi connectivity index (χ0n) is 10.0. The van der Waals surface area contributed by atoms with Gasteiger partial charge in [-0.15, -0.1) is 0 Å². The van der Waals surface area contributed by atoms with Gasteiger partial charge in [-0.25, -0.2) is 4.98 Å². The van der Waals surface area contributed by atoms with E-state index in [1.807, 2.05) is 13.0 Å². The van der Waals surface area contributed by atoms with E-state index in [1.165, 1.54) is 19.3 Å². The minimum absolute atomic E-state index is 0.497. The fourth-order valence-corrected chi connectivity index (χ4v) is 1.85. The second-order valence-corrected chi connectivity index (χ2v) is 4.52. The zero-order valence-corrected chi connectivity index (χ0v) is 10.0. The molecule has 2 N–H and O–H groups in total. The maximum absolute atomic E-state index is 4.40. The van der Waals surface area contributed by atoms with E-state index in [9.17, 15) is 0 Å². The Morgan fingerprint density at radius 1 is 1.50 bits per heavy atom. The number of hydrogen-bond donors (Lipinski definition) is 2. The third kappa shape index (κ3) is 3.36. The van der Waals surface area contributed by atoms with Gasteiger partial charge in [0.25, 0.3) is 0 Å². The van der Waals surface area contributed by atoms with Gasteiger partial charge in [0.1, 0.15) is 5.82 Å². The number of nitrogens with one attached hydrogen (secondary N) is 2. The molecule has 88 valence electrons. The van der Waals surface area contributed by atoms with E-state index in [0.717, 1.165) is 18.3 Å². The monoisotopic (exact) mass is 220 g/mol. The molecule has 0 amide bonds. The van der Waals surface area contributed by atoms with Crippen LogP contribution in [-0.4, -0.2) is 22.6 Å². The average Bonchev–Trinajstić information content (AvgIpc) is 3.02. The summed E-state index contributed by atoms with van der Waals surface area (Å²) >= 11 is 0. The molecular formula is C12H20N4. The van der Waals surface area contributed by atoms with Gasteiger partial charge in [-0.05, 0) is 32.3 Å². The molecule has 1 saturated carbocycles. The zero-order chi connectivity index (χ0) is 11.4. The fourth-order valence-electron chi connectivity index (χ4n) is 1.85. The van der Waals surface area contributed by atoms with Crippen molar-refractivity contribution in [3.63, 3.8) is 0 Å². The lowest BCUT2D eigenvalue weighted by Gasteiger charge is -2.14. The van der Waals surface area contributed by atoms with E-state index in [0.29, 0.717) is 12.0 Å². The number of rotatable bonds is 6. The van der Waals surface area contributed by atoms with Gasteiger partial charge in [0.2, 0.25) is 5.95 Å². The first-order valence-electron chi connectivity index (χ1n) is 6.11. The number of nitrogens with zero attached hydrogens (tertiary/aromatic N) is 2. The molecule has 1 aliphatic carbocycles. The van der Waals surface area contributed by atoms with Crippen molar-refractivity contribution >= 4 is 11.8 Å². The number of anilines is 2. The second-order valence-electron chi connectivity index (χ2n) is 4.52. The van der Waals surface area contributed by atoms with Crippen molar-refractivity contribution in [3.8, 4) is 0 Å². The molecule has 16 heavy (non-hydrogen) atoms. The van der Waals surface area contributed by atoms with Crippen molar-refractivity contribution in [2.75, 3.05) is 17.2 Å². The van der Waals surface area contributed by atoms with Crippen molar-refractivity contribution in [2.45, 2.75) is 39.2 Å². The van der Waals surface area contributed by atoms with E-state index >= 15 is 0 Å². The molecule has 0 aromatic carbocycles. The van der Waals surface area contributed by atoms with Gasteiger partial charge in [0.05, 0.1) is 0 Å². The van der Waals surface area contributed by atoms with Crippen LogP contribution in [0.3, 0.4) is 0 Å². The minimum atomic E-state index is 0.497. The highest BCUT2D eigenvalue weighted by molar-refractivity contribution is 5.40. The molecular weight excluding hydrogens is 200 g/mol. The van der Waals surface area contributed by atoms with E-state index < -0.39 is 0 Å². The molecule has 1 fully saturated rings. The van der Waals surface area contributed by atoms with Crippen molar-refractivity contribution in [2.24, 2.45) is 5.92 Å². The summed E-state index contributed by atoms with van der Waals surface area (Å²) in [5.41, 5.74) is 0. The standard InChI is InChI=1S/C12H20N4/c1-3-13-12-14-7-6-11(16-12)15-9(2)8-10-4-5-10/h6-7,9-10H,3-5,8H2,1-2H3,(H2,13,14,15,16). The van der Waals surface area contributed by atoms with E-state index in [4.69, 9.17) is 0 Å². The molecule has 1 unspecified atom stereocenters. The lowest BCUT2D eigenvalue weighted by Crippen LogP contribution is -2.17. The van der Waals surface area contributed by atoms with Crippen LogP contribution in [-0.2, 0) is 0 Å². The topological polar surface area (TPSA) is 49.8 Å². The van der Waals surface area contributed by atoms with Crippen LogP contribution in [0.4, 0.5) is 11.8 Å². The third-order valence-corrected chi connectivity index (χ3v) is 2.77. The van der Waals surface area contributed by atoms with Gasteiger partial charge in [0.15, 0.2) is 0 Å². The first kappa shape index (κ1) is 11.2. The maximum Gasteiger partial charge on any atom is 0.224 e. The summed E-state index contributed by atoms with van der Waals surface area (Å²) in [4.78, 5) is 8.54. The highest BCUT2D eigenvalue weighted by Gasteiger charge is 2.23. The highest BCUT2D eigenvalue weighted by atomic mass is 15.1. The second kappa shape index (κ2) is 5.14. The van der Waals surface area contributed by atoms with Gasteiger partial charge < -0.3 is 10.6 Å². The lowest BCUT2D eigenvalue weighted by atomic mass is 10.1. The van der Waals surface area contributed by atoms with Crippen molar-refractivity contribution < 1.29 is 0 Å². The predicted molar refractivity (Wildman–Crippen MR) is 66.6 cm³/mol. The molecule has 0 radical (unpaired) electrons. The average molecular weight is 220 g/mol. The van der Waals surface area contributed by atoms with Crippen molar-refractivity contribution in [1.82, 2.24) is 9.97 Å². The van der Waals surface area contributed by atoms with Crippen LogP contribution in [0, 0.1) is 5.92 Å². The SMILES string of the molecule is CCNc1nccc(NC(C)CC2CC2)n1. The van der Waals surface area contributed by atoms with Gasteiger partial charge in [0, 0.05) is 18.8 Å². The quantitative estimate of drug-likeness (QED) is 0.773. The Bertz CT molecular complexity index is 336. The molecule has 1 aliphatic rings. The molecule has 2 rings (SSSR count). The minimum Gasteiger partial charge on any atom is -0.367 e. The first-order chi connectivity index (χ1) is 7.78. The Labute approximate surface area is 96.9 Å². The van der Waals surface area contributed by atoms with Crippen LogP contribution in [0.15, 0.2) is 12.3 Å². The van der Waals surface area contributed by atoms with Crippen molar-refractivity contribution in [3.05, 3.63) is 12.3 Å². The summed E-state index contributed by atoms with van der Waals surface area (Å²) in [5.74, 6) is 2.56. The Balaban J connectivity index is 1.88. The van der Waals surface area contributed by atoms with Gasteiger partial charge in [-0.1, -0.05) is 12.8 Å². The summed E-state index contributed by atoms with van der Waals surface area (Å²) in [6.07, 6.45) is 5.84. The Morgan fingerprint density at radius 2 is 2.31 bits per heavy atom. The Morgan fingerprint density at radius 3 is 3.00 bits per heavy atom. The summed E-state index contributed by atoms with van der Waals surface area (Å²) < 4.78 is 0. The van der Waals surface area contributed by atoms with Gasteiger partial charge in [-0.2, -0.15) is 4.98 Å². The van der Waals surface area contributed by atoms with Gasteiger partial charge >= 0.3 is 0 Å². The molecule has 1 heterocycles. The lowest BCUT2D eigenvalue weighted by molar-refractivity contribution is 0.640. The van der Waals surface area contributed by atoms with Crippen LogP contribution in [0.2, 0.25) is 0 Å². The summed E-state index contributed by atoms with van der Waals surface area (Å²) in [6, 6.07) is 2.42. The Hall–Kier alpha value is -1.32. The van der Waals surface area contributed by atoms with E-state index in [-0.39, 0.29) is 0 Å². The van der Waals surface area contributed by atoms with Crippen LogP contribution < -0.4 is 10.6 Å². The third-order valence-electron chi connectivity index (χ3n) is 2.77. The molecule has 4 heteroatoms. The normalized spacial score (nSPS) is 16.9. The fraction of sp³-hybridized carbons (Fsp3) is 0.667. The predicted octanol–water partition coefficient (Wildman–Crippen LogP) is 2.51. The first-order valence-corrected chi connectivity index (χ1v) is 6.11. The number of hydrogen-bond acceptors (Lipinski definition) is 4. The highest BCUT2D eigenvalue weighted by Crippen LogP contribution is 2.33. The van der Waals surface area contributed by atoms with Crippen LogP contribution in [0.5, 0.6) is 0 Å². The summed E-state index contributed by atoms with van der Waals surface area (Å²) in [6.45, 7) is 5.10. The van der Waals surface area contributed by atoms with E-state index in [2.05, 4.69) is 27.5 Å². The largest absolute Gasteiger partial charge is 0.367 e. The van der Waals surface area contributed by atoms with Gasteiger partial charge in [-0.3, -0.25) is 0 Å². The van der Waals surface area contributed by atoms with Crippen LogP contribution in [0.25, 0.3) is 0 Å². The molecule has 1 atom stereocenters. The molecule has 4 nitrogen and oxygen atoms in total. The molecule has 0 spiro atoms. The summed E-state index contributed by atoms with van der Waals surface area (Å²) in [7, 11) is 0. The molecule has 0 aliphatic heterocycles. The molecule has 1 aromatic rings.